The van der Waals surface area contributed by atoms with Crippen LogP contribution in [0.5, 0.6) is 11.5 Å². The van der Waals surface area contributed by atoms with Crippen LogP contribution in [0.4, 0.5) is 9.59 Å². The van der Waals surface area contributed by atoms with Crippen LogP contribution in [-0.4, -0.2) is 98.4 Å². The lowest BCUT2D eigenvalue weighted by Gasteiger charge is -2.30. The highest BCUT2D eigenvalue weighted by molar-refractivity contribution is 8.00. The monoisotopic (exact) mass is 738 g/mol. The summed E-state index contributed by atoms with van der Waals surface area (Å²) in [6.45, 7) is 2.72. The van der Waals surface area contributed by atoms with Crippen molar-refractivity contribution in [2.45, 2.75) is 46.5 Å². The minimum absolute atomic E-state index is 0.291. The third kappa shape index (κ3) is 8.80. The number of piperidine rings is 2. The van der Waals surface area contributed by atoms with Crippen LogP contribution in [0.25, 0.3) is 21.8 Å². The summed E-state index contributed by atoms with van der Waals surface area (Å²) in [6, 6.07) is 18.8. The number of ether oxygens (including phenoxy) is 2. The van der Waals surface area contributed by atoms with E-state index in [2.05, 4.69) is 30.5 Å². The zero-order chi connectivity index (χ0) is 35.9. The second kappa shape index (κ2) is 16.4. The van der Waals surface area contributed by atoms with Crippen molar-refractivity contribution >= 4 is 57.5 Å². The second-order valence-electron chi connectivity index (χ2n) is 12.5. The van der Waals surface area contributed by atoms with Gasteiger partial charge < -0.3 is 23.8 Å². The fourth-order valence-corrected chi connectivity index (χ4v) is 8.06. The topological polar surface area (TPSA) is 146 Å². The molecule has 0 saturated carbocycles. The summed E-state index contributed by atoms with van der Waals surface area (Å²) < 4.78 is 14.8. The Morgan fingerprint density at radius 2 is 1.19 bits per heavy atom. The van der Waals surface area contributed by atoms with Crippen molar-refractivity contribution in [1.29, 1.82) is 0 Å². The second-order valence-corrected chi connectivity index (χ2v) is 15.0. The van der Waals surface area contributed by atoms with Crippen LogP contribution in [0.15, 0.2) is 95.8 Å². The van der Waals surface area contributed by atoms with E-state index in [9.17, 15) is 9.59 Å². The Hall–Kier alpha value is -5.22. The molecular weight excluding hydrogens is 701 g/mol. The van der Waals surface area contributed by atoms with Gasteiger partial charge in [0.2, 0.25) is 5.16 Å². The first-order valence-electron chi connectivity index (χ1n) is 17.0. The lowest BCUT2D eigenvalue weighted by atomic mass is 10.1. The summed E-state index contributed by atoms with van der Waals surface area (Å²) in [4.78, 5) is 41.3. The molecule has 2 amide bonds. The zero-order valence-corrected chi connectivity index (χ0v) is 30.4. The number of hydrogen-bond acceptors (Lipinski definition) is 12. The maximum Gasteiger partial charge on any atom is 0.415 e. The van der Waals surface area contributed by atoms with E-state index in [1.54, 1.807) is 68.6 Å². The Labute approximate surface area is 308 Å². The van der Waals surface area contributed by atoms with Crippen LogP contribution < -0.4 is 9.47 Å². The molecule has 0 aliphatic carbocycles. The summed E-state index contributed by atoms with van der Waals surface area (Å²) in [7, 11) is 3.83. The fraction of sp³-hybridized carbons (Fsp3) is 0.333. The van der Waals surface area contributed by atoms with Gasteiger partial charge in [-0.1, -0.05) is 35.7 Å². The van der Waals surface area contributed by atoms with Crippen LogP contribution in [-0.2, 0) is 14.1 Å². The number of likely N-dealkylation sites (tertiary alicyclic amines) is 2. The SMILES string of the molecule is Cn1ccnc1SC1CCN(C(=O)Oc2ccc3cccnc3c2)CC1.Cn1nnnc1SC1CCN(C(=O)Oc2ccc3cccnc3c2)CC1. The molecule has 0 N–H and O–H groups in total. The lowest BCUT2D eigenvalue weighted by molar-refractivity contribution is 0.142. The van der Waals surface area contributed by atoms with Gasteiger partial charge in [-0.05, 0) is 72.5 Å². The highest BCUT2D eigenvalue weighted by atomic mass is 32.2. The number of amides is 2. The fourth-order valence-electron chi connectivity index (χ4n) is 5.95. The maximum absolute atomic E-state index is 12.4. The van der Waals surface area contributed by atoms with Crippen molar-refractivity contribution in [1.82, 2.24) is 49.5 Å². The van der Waals surface area contributed by atoms with Crippen LogP contribution in [0.1, 0.15) is 25.7 Å². The van der Waals surface area contributed by atoms with E-state index >= 15 is 0 Å². The number of tetrazole rings is 1. The van der Waals surface area contributed by atoms with Crippen molar-refractivity contribution in [2.24, 2.45) is 14.1 Å². The molecular formula is C36H38N10O4S2. The molecule has 0 atom stereocenters. The Bertz CT molecular complexity index is 1990. The third-order valence-corrected chi connectivity index (χ3v) is 11.6. The molecule has 14 nitrogen and oxygen atoms in total. The summed E-state index contributed by atoms with van der Waals surface area (Å²) in [5.74, 6) is 1.05. The summed E-state index contributed by atoms with van der Waals surface area (Å²) in [5, 5.41) is 16.2. The van der Waals surface area contributed by atoms with E-state index in [0.717, 1.165) is 57.8 Å². The molecule has 268 valence electrons. The molecule has 0 radical (unpaired) electrons. The van der Waals surface area contributed by atoms with E-state index < -0.39 is 0 Å². The Balaban J connectivity index is 0.000000162. The molecule has 2 aromatic carbocycles. The first-order valence-corrected chi connectivity index (χ1v) is 18.8. The van der Waals surface area contributed by atoms with E-state index in [1.807, 2.05) is 73.5 Å². The molecule has 0 unspecified atom stereocenters. The highest BCUT2D eigenvalue weighted by Crippen LogP contribution is 2.30. The summed E-state index contributed by atoms with van der Waals surface area (Å²) in [5.41, 5.74) is 1.63. The number of pyridine rings is 2. The lowest BCUT2D eigenvalue weighted by Crippen LogP contribution is -2.41. The molecule has 2 saturated heterocycles. The van der Waals surface area contributed by atoms with Crippen LogP contribution in [0, 0.1) is 0 Å². The number of rotatable bonds is 6. The van der Waals surface area contributed by atoms with E-state index in [0.29, 0.717) is 48.2 Å². The van der Waals surface area contributed by atoms with Crippen LogP contribution in [0.3, 0.4) is 0 Å². The molecule has 6 heterocycles. The average molecular weight is 739 g/mol. The number of aromatic nitrogens is 8. The number of fused-ring (bicyclic) bond motifs is 2. The number of carbonyl (C=O) groups excluding carboxylic acids is 2. The largest absolute Gasteiger partial charge is 0.415 e. The van der Waals surface area contributed by atoms with Gasteiger partial charge in [0.25, 0.3) is 0 Å². The number of nitrogens with zero attached hydrogens (tertiary/aromatic N) is 10. The first-order chi connectivity index (χ1) is 25.4. The van der Waals surface area contributed by atoms with Gasteiger partial charge in [0.05, 0.1) is 11.0 Å². The van der Waals surface area contributed by atoms with Crippen molar-refractivity contribution in [3.05, 3.63) is 85.5 Å². The summed E-state index contributed by atoms with van der Waals surface area (Å²) >= 11 is 3.44. The number of hydrogen-bond donors (Lipinski definition) is 0. The minimum Gasteiger partial charge on any atom is -0.410 e. The van der Waals surface area contributed by atoms with Gasteiger partial charge >= 0.3 is 12.2 Å². The molecule has 2 aliphatic rings. The van der Waals surface area contributed by atoms with Crippen molar-refractivity contribution in [2.75, 3.05) is 26.2 Å². The van der Waals surface area contributed by atoms with Crippen LogP contribution >= 0.6 is 23.5 Å². The standard InChI is InChI=1S/C19H20N4O2S.C17H18N6O2S/c1-22-12-9-21-18(22)26-16-6-10-23(11-7-16)19(24)25-15-5-4-14-3-2-8-20-17(14)13-15;1-22-16(19-20-21-22)26-14-6-9-23(10-7-14)17(24)25-13-5-4-12-3-2-8-18-15(12)11-13/h2-5,8-9,12-13,16H,6-7,10-11H2,1H3;2-5,8,11,14H,6-7,9-10H2,1H3. The van der Waals surface area contributed by atoms with Gasteiger partial charge in [0, 0.05) is 98.5 Å². The number of aryl methyl sites for hydroxylation is 2. The van der Waals surface area contributed by atoms with Gasteiger partial charge in [0.1, 0.15) is 11.5 Å². The Morgan fingerprint density at radius 3 is 1.65 bits per heavy atom. The average Bonchev–Trinajstić information content (AvgIpc) is 3.78. The van der Waals surface area contributed by atoms with Crippen molar-refractivity contribution in [3.63, 3.8) is 0 Å². The number of benzene rings is 2. The zero-order valence-electron chi connectivity index (χ0n) is 28.8. The molecule has 0 spiro atoms. The summed E-state index contributed by atoms with van der Waals surface area (Å²) in [6.07, 6.45) is 10.3. The molecule has 2 fully saturated rings. The van der Waals surface area contributed by atoms with E-state index in [4.69, 9.17) is 9.47 Å². The van der Waals surface area contributed by atoms with Gasteiger partial charge in [0.15, 0.2) is 5.16 Å². The number of thioether (sulfide) groups is 2. The van der Waals surface area contributed by atoms with Gasteiger partial charge in [-0.15, -0.1) is 5.10 Å². The highest BCUT2D eigenvalue weighted by Gasteiger charge is 2.27. The van der Waals surface area contributed by atoms with Crippen LogP contribution in [0.2, 0.25) is 0 Å². The predicted octanol–water partition coefficient (Wildman–Crippen LogP) is 6.24. The van der Waals surface area contributed by atoms with Gasteiger partial charge in [-0.25, -0.2) is 19.3 Å². The molecule has 52 heavy (non-hydrogen) atoms. The van der Waals surface area contributed by atoms with Gasteiger partial charge in [-0.2, -0.15) is 0 Å². The number of imidazole rings is 1. The molecule has 0 bridgehead atoms. The normalized spacial score (nSPS) is 15.3. The smallest absolute Gasteiger partial charge is 0.410 e. The third-order valence-electron chi connectivity index (χ3n) is 8.87. The maximum atomic E-state index is 12.4. The molecule has 2 aliphatic heterocycles. The Kier molecular flexibility index (Phi) is 11.1. The molecule has 6 aromatic rings. The molecule has 8 rings (SSSR count). The van der Waals surface area contributed by atoms with Gasteiger partial charge in [-0.3, -0.25) is 9.97 Å². The first kappa shape index (κ1) is 35.2. The van der Waals surface area contributed by atoms with Crippen molar-refractivity contribution in [3.8, 4) is 11.5 Å². The van der Waals surface area contributed by atoms with E-state index in [1.165, 1.54) is 0 Å². The molecule has 4 aromatic heterocycles. The number of carbonyl (C=O) groups is 2. The van der Waals surface area contributed by atoms with Crippen molar-refractivity contribution < 1.29 is 19.1 Å². The minimum atomic E-state index is -0.316. The predicted molar refractivity (Wildman–Crippen MR) is 198 cm³/mol. The Morgan fingerprint density at radius 1 is 0.673 bits per heavy atom. The van der Waals surface area contributed by atoms with E-state index in [-0.39, 0.29) is 12.2 Å². The molecule has 16 heteroatoms. The quantitative estimate of drug-likeness (QED) is 0.191.